The average molecular weight is 658 g/mol. The second-order valence-electron chi connectivity index (χ2n) is 11.8. The summed E-state index contributed by atoms with van der Waals surface area (Å²) in [6.45, 7) is 3.36. The SMILES string of the molecule is CNCCCN1CCOc2c(Cl)c(-c3ccc(F)c4sc(N)c(C#N)c34)c(F)c3nc(OC[C@@]45CCCN4C[C@H](F)C5)nc1c23. The van der Waals surface area contributed by atoms with Gasteiger partial charge in [0.05, 0.1) is 32.8 Å². The first kappa shape index (κ1) is 30.1. The lowest BCUT2D eigenvalue weighted by atomic mass is 9.95. The fourth-order valence-electron chi connectivity index (χ4n) is 7.08. The van der Waals surface area contributed by atoms with E-state index in [9.17, 15) is 14.0 Å². The van der Waals surface area contributed by atoms with Crippen molar-refractivity contribution in [1.82, 2.24) is 20.2 Å². The van der Waals surface area contributed by atoms with Crippen molar-refractivity contribution in [3.05, 3.63) is 34.4 Å². The lowest BCUT2D eigenvalue weighted by molar-refractivity contribution is 0.107. The Morgan fingerprint density at radius 2 is 2.13 bits per heavy atom. The first-order valence-electron chi connectivity index (χ1n) is 14.9. The van der Waals surface area contributed by atoms with E-state index in [1.807, 2.05) is 18.0 Å². The van der Waals surface area contributed by atoms with Gasteiger partial charge in [0.25, 0.3) is 0 Å². The standard InChI is InChI=1S/C31H31ClF3N7O2S/c1-38-7-3-8-41-10-11-43-26-22-25(39-30(40-29(22)41)44-15-31-6-2-9-42(31)14-16(33)12-31)24(35)21(23(26)32)17-4-5-19(34)27-20(17)18(13-36)28(37)45-27/h4-5,16,38H,2-3,6-12,14-15,37H2,1H3/t16-,31+/m1/s1. The number of thiophene rings is 1. The molecule has 0 spiro atoms. The first-order chi connectivity index (χ1) is 21.8. The highest BCUT2D eigenvalue weighted by Gasteiger charge is 2.49. The summed E-state index contributed by atoms with van der Waals surface area (Å²) in [5, 5.41) is 13.5. The molecule has 2 saturated heterocycles. The van der Waals surface area contributed by atoms with E-state index < -0.39 is 23.3 Å². The highest BCUT2D eigenvalue weighted by molar-refractivity contribution is 7.23. The summed E-state index contributed by atoms with van der Waals surface area (Å²) >= 11 is 7.87. The number of ether oxygens (including phenoxy) is 2. The van der Waals surface area contributed by atoms with Crippen LogP contribution < -0.4 is 25.4 Å². The largest absolute Gasteiger partial charge is 0.489 e. The summed E-state index contributed by atoms with van der Waals surface area (Å²) < 4.78 is 58.8. The van der Waals surface area contributed by atoms with Crippen LogP contribution in [0.4, 0.5) is 24.0 Å². The Morgan fingerprint density at radius 1 is 1.29 bits per heavy atom. The normalized spacial score (nSPS) is 21.2. The molecule has 0 aliphatic carbocycles. The van der Waals surface area contributed by atoms with Crippen LogP contribution in [0.15, 0.2) is 12.1 Å². The number of halogens is 4. The Bertz CT molecular complexity index is 1870. The molecule has 4 aromatic rings. The van der Waals surface area contributed by atoms with Gasteiger partial charge in [-0.2, -0.15) is 15.2 Å². The number of anilines is 2. The van der Waals surface area contributed by atoms with Crippen molar-refractivity contribution < 1.29 is 22.6 Å². The molecule has 0 bridgehead atoms. The van der Waals surface area contributed by atoms with E-state index in [0.29, 0.717) is 37.3 Å². The predicted molar refractivity (Wildman–Crippen MR) is 169 cm³/mol. The van der Waals surface area contributed by atoms with E-state index in [1.165, 1.54) is 12.1 Å². The Hall–Kier alpha value is -3.57. The third-order valence-electron chi connectivity index (χ3n) is 9.13. The summed E-state index contributed by atoms with van der Waals surface area (Å²) in [4.78, 5) is 13.4. The molecule has 0 saturated carbocycles. The molecule has 0 unspecified atom stereocenters. The number of alkyl halides is 1. The zero-order valence-electron chi connectivity index (χ0n) is 24.6. The summed E-state index contributed by atoms with van der Waals surface area (Å²) in [5.41, 5.74) is 5.68. The smallest absolute Gasteiger partial charge is 0.319 e. The van der Waals surface area contributed by atoms with E-state index in [-0.39, 0.29) is 67.3 Å². The maximum Gasteiger partial charge on any atom is 0.319 e. The quantitative estimate of drug-likeness (QED) is 0.232. The van der Waals surface area contributed by atoms with Crippen LogP contribution in [0.1, 0.15) is 31.2 Å². The van der Waals surface area contributed by atoms with Crippen LogP contribution in [-0.2, 0) is 0 Å². The van der Waals surface area contributed by atoms with Gasteiger partial charge in [-0.3, -0.25) is 4.90 Å². The van der Waals surface area contributed by atoms with Crippen molar-refractivity contribution in [1.29, 1.82) is 5.26 Å². The third-order valence-corrected chi connectivity index (χ3v) is 10.5. The van der Waals surface area contributed by atoms with Crippen molar-refractivity contribution in [3.63, 3.8) is 0 Å². The second kappa shape index (κ2) is 11.7. The van der Waals surface area contributed by atoms with Crippen molar-refractivity contribution in [2.24, 2.45) is 0 Å². The summed E-state index contributed by atoms with van der Waals surface area (Å²) in [5.74, 6) is -0.765. The number of hydrogen-bond acceptors (Lipinski definition) is 10. The van der Waals surface area contributed by atoms with Gasteiger partial charge < -0.3 is 25.4 Å². The number of nitrogens with zero attached hydrogens (tertiary/aromatic N) is 5. The molecular formula is C31H31ClF3N7O2S. The number of nitrogen functional groups attached to an aromatic ring is 1. The molecule has 0 radical (unpaired) electrons. The van der Waals surface area contributed by atoms with Gasteiger partial charge >= 0.3 is 6.01 Å². The van der Waals surface area contributed by atoms with Gasteiger partial charge in [0.2, 0.25) is 0 Å². The van der Waals surface area contributed by atoms with Crippen molar-refractivity contribution in [2.75, 3.05) is 63.6 Å². The summed E-state index contributed by atoms with van der Waals surface area (Å²) in [6, 6.07) is 4.57. The molecule has 5 heterocycles. The van der Waals surface area contributed by atoms with Crippen LogP contribution in [0.25, 0.3) is 32.1 Å². The van der Waals surface area contributed by atoms with Crippen molar-refractivity contribution in [2.45, 2.75) is 37.4 Å². The number of fused-ring (bicyclic) bond motifs is 2. The van der Waals surface area contributed by atoms with Crippen molar-refractivity contribution >= 4 is 54.7 Å². The zero-order valence-corrected chi connectivity index (χ0v) is 26.1. The van der Waals surface area contributed by atoms with Gasteiger partial charge in [0.15, 0.2) is 11.6 Å². The van der Waals surface area contributed by atoms with E-state index >= 15 is 4.39 Å². The highest BCUT2D eigenvalue weighted by atomic mass is 35.5. The molecule has 236 valence electrons. The molecule has 2 atom stereocenters. The van der Waals surface area contributed by atoms with Gasteiger partial charge in [-0.25, -0.2) is 13.2 Å². The Morgan fingerprint density at radius 3 is 2.93 bits per heavy atom. The number of rotatable bonds is 8. The van der Waals surface area contributed by atoms with Crippen LogP contribution in [0.3, 0.4) is 0 Å². The monoisotopic (exact) mass is 657 g/mol. The minimum atomic E-state index is -0.933. The summed E-state index contributed by atoms with van der Waals surface area (Å²) in [6.07, 6.45) is 1.95. The minimum Gasteiger partial charge on any atom is -0.489 e. The average Bonchev–Trinajstić information content (AvgIpc) is 3.62. The molecule has 14 heteroatoms. The number of hydrogen-bond donors (Lipinski definition) is 2. The van der Waals surface area contributed by atoms with Gasteiger partial charge in [-0.15, -0.1) is 11.3 Å². The molecular weight excluding hydrogens is 627 g/mol. The van der Waals surface area contributed by atoms with Crippen molar-refractivity contribution in [3.8, 4) is 29.0 Å². The molecule has 3 aliphatic heterocycles. The van der Waals surface area contributed by atoms with Crippen LogP contribution in [0.5, 0.6) is 11.8 Å². The molecule has 45 heavy (non-hydrogen) atoms. The molecule has 3 aliphatic rings. The molecule has 2 aromatic heterocycles. The lowest BCUT2D eigenvalue weighted by Crippen LogP contribution is -2.43. The van der Waals surface area contributed by atoms with E-state index in [1.54, 1.807) is 0 Å². The van der Waals surface area contributed by atoms with Gasteiger partial charge in [-0.05, 0) is 51.0 Å². The van der Waals surface area contributed by atoms with Crippen LogP contribution >= 0.6 is 22.9 Å². The first-order valence-corrected chi connectivity index (χ1v) is 16.1. The Kier molecular flexibility index (Phi) is 7.80. The Labute approximate surface area is 266 Å². The molecule has 2 aromatic carbocycles. The van der Waals surface area contributed by atoms with Crippen LogP contribution in [-0.4, -0.2) is 79.6 Å². The lowest BCUT2D eigenvalue weighted by Gasteiger charge is -2.31. The van der Waals surface area contributed by atoms with Gasteiger partial charge in [-0.1, -0.05) is 17.7 Å². The fraction of sp³-hybridized carbons (Fsp3) is 0.452. The van der Waals surface area contributed by atoms with E-state index in [0.717, 1.165) is 43.7 Å². The van der Waals surface area contributed by atoms with E-state index in [2.05, 4.69) is 15.2 Å². The maximum atomic E-state index is 17.0. The maximum absolute atomic E-state index is 17.0. The third kappa shape index (κ3) is 4.90. The minimum absolute atomic E-state index is 0.0399. The molecule has 7 rings (SSSR count). The molecule has 9 nitrogen and oxygen atoms in total. The second-order valence-corrected chi connectivity index (χ2v) is 13.2. The van der Waals surface area contributed by atoms with Crippen LogP contribution in [0, 0.1) is 23.0 Å². The molecule has 2 fully saturated rings. The van der Waals surface area contributed by atoms with Crippen LogP contribution in [0.2, 0.25) is 5.02 Å². The fourth-order valence-corrected chi connectivity index (χ4v) is 8.37. The number of nitrogens with two attached hydrogens (primary N) is 1. The Balaban J connectivity index is 1.42. The topological polar surface area (TPSA) is 113 Å². The number of benzene rings is 2. The van der Waals surface area contributed by atoms with Gasteiger partial charge in [0.1, 0.15) is 47.6 Å². The van der Waals surface area contributed by atoms with Gasteiger partial charge in [0, 0.05) is 30.5 Å². The number of aromatic nitrogens is 2. The predicted octanol–water partition coefficient (Wildman–Crippen LogP) is 5.66. The zero-order chi connectivity index (χ0) is 31.5. The summed E-state index contributed by atoms with van der Waals surface area (Å²) in [7, 11) is 1.87. The molecule has 3 N–H and O–H groups in total. The van der Waals surface area contributed by atoms with E-state index in [4.69, 9.17) is 31.8 Å². The number of nitriles is 1. The highest BCUT2D eigenvalue weighted by Crippen LogP contribution is 2.51. The molecule has 0 amide bonds. The number of nitrogens with one attached hydrogen (secondary N) is 1.